The molecule has 31 heavy (non-hydrogen) atoms. The van der Waals surface area contributed by atoms with E-state index in [9.17, 15) is 14.9 Å². The van der Waals surface area contributed by atoms with Gasteiger partial charge in [-0.05, 0) is 45.9 Å². The molecule has 5 nitrogen and oxygen atoms in total. The quantitative estimate of drug-likeness (QED) is 0.360. The minimum absolute atomic E-state index is 0.0833. The molecule has 1 aliphatic carbocycles. The number of hydrogen-bond donors (Lipinski definition) is 1. The van der Waals surface area contributed by atoms with Crippen LogP contribution in [0.1, 0.15) is 43.9 Å². The molecule has 0 bridgehead atoms. The van der Waals surface area contributed by atoms with Gasteiger partial charge in [-0.15, -0.1) is 0 Å². The van der Waals surface area contributed by atoms with Crippen molar-refractivity contribution in [1.82, 2.24) is 0 Å². The fraction of sp³-hybridized carbons (Fsp3) is 0.240. The lowest BCUT2D eigenvalue weighted by molar-refractivity contribution is -0.384. The zero-order chi connectivity index (χ0) is 21.9. The van der Waals surface area contributed by atoms with Crippen molar-refractivity contribution in [3.63, 3.8) is 0 Å². The van der Waals surface area contributed by atoms with Crippen LogP contribution in [0.4, 0.5) is 11.4 Å². The molecule has 0 aromatic heterocycles. The fourth-order valence-corrected chi connectivity index (χ4v) is 5.12. The molecule has 0 radical (unpaired) electrons. The average Bonchev–Trinajstić information content (AvgIpc) is 2.72. The lowest BCUT2D eigenvalue weighted by atomic mass is 9.68. The van der Waals surface area contributed by atoms with E-state index in [1.54, 1.807) is 6.07 Å². The van der Waals surface area contributed by atoms with Crippen molar-refractivity contribution in [1.29, 1.82) is 0 Å². The lowest BCUT2D eigenvalue weighted by Crippen LogP contribution is -2.33. The molecule has 0 unspecified atom stereocenters. The predicted octanol–water partition coefficient (Wildman–Crippen LogP) is 6.71. The van der Waals surface area contributed by atoms with Crippen LogP contribution < -0.4 is 5.32 Å². The van der Waals surface area contributed by atoms with Crippen LogP contribution in [-0.4, -0.2) is 10.7 Å². The summed E-state index contributed by atoms with van der Waals surface area (Å²) in [5, 5.41) is 17.3. The third-order valence-electron chi connectivity index (χ3n) is 6.24. The van der Waals surface area contributed by atoms with Gasteiger partial charge in [0.05, 0.1) is 11.0 Å². The van der Waals surface area contributed by atoms with Crippen LogP contribution in [-0.2, 0) is 4.79 Å². The Bertz CT molecular complexity index is 1310. The van der Waals surface area contributed by atoms with Gasteiger partial charge < -0.3 is 5.32 Å². The summed E-state index contributed by atoms with van der Waals surface area (Å²) < 4.78 is 0. The number of carbonyl (C=O) groups excluding carboxylic acids is 1. The SMILES string of the molecule is CC1(C)CC(=O)C2=C(C1)c1c(ccc3ccccc13)N[C@@H]2c1ccc(Cl)c([N+](=O)[O-])c1. The maximum atomic E-state index is 13.4. The second-order valence-electron chi connectivity index (χ2n) is 9.09. The standard InChI is InChI=1S/C25H21ClN2O3/c1-25(2)12-17-22-16-6-4-3-5-14(16)8-10-19(22)27-24(23(17)21(29)13-25)15-7-9-18(26)20(11-15)28(30)31/h3-11,24,27H,12-13H2,1-2H3/t24-/m1/s1. The summed E-state index contributed by atoms with van der Waals surface area (Å²) in [5.74, 6) is 0.0833. The van der Waals surface area contributed by atoms with Gasteiger partial charge >= 0.3 is 0 Å². The van der Waals surface area contributed by atoms with E-state index in [2.05, 4.69) is 37.4 Å². The number of nitrogens with zero attached hydrogens (tertiary/aromatic N) is 1. The molecular weight excluding hydrogens is 412 g/mol. The number of Topliss-reactive ketones (excluding diaryl/α,β-unsaturated/α-hetero) is 1. The molecule has 3 aromatic rings. The first-order valence-electron chi connectivity index (χ1n) is 10.2. The molecule has 0 fully saturated rings. The Labute approximate surface area is 184 Å². The van der Waals surface area contributed by atoms with E-state index < -0.39 is 11.0 Å². The van der Waals surface area contributed by atoms with Gasteiger partial charge in [-0.3, -0.25) is 14.9 Å². The summed E-state index contributed by atoms with van der Waals surface area (Å²) in [6.45, 7) is 4.23. The number of nitro groups is 1. The second-order valence-corrected chi connectivity index (χ2v) is 9.49. The number of rotatable bonds is 2. The summed E-state index contributed by atoms with van der Waals surface area (Å²) in [6, 6.07) is 16.6. The van der Waals surface area contributed by atoms with E-state index in [0.29, 0.717) is 17.6 Å². The summed E-state index contributed by atoms with van der Waals surface area (Å²) in [7, 11) is 0. The minimum Gasteiger partial charge on any atom is -0.373 e. The first-order valence-corrected chi connectivity index (χ1v) is 10.6. The number of ketones is 1. The Hall–Kier alpha value is -3.18. The molecule has 5 rings (SSSR count). The zero-order valence-electron chi connectivity index (χ0n) is 17.2. The van der Waals surface area contributed by atoms with Crippen LogP contribution in [0.2, 0.25) is 5.02 Å². The van der Waals surface area contributed by atoms with Gasteiger partial charge in [0.2, 0.25) is 0 Å². The molecular formula is C25H21ClN2O3. The number of anilines is 1. The molecule has 1 aliphatic heterocycles. The number of allylic oxidation sites excluding steroid dienone is 1. The highest BCUT2D eigenvalue weighted by Crippen LogP contribution is 2.52. The highest BCUT2D eigenvalue weighted by molar-refractivity contribution is 6.32. The van der Waals surface area contributed by atoms with E-state index in [4.69, 9.17) is 11.6 Å². The van der Waals surface area contributed by atoms with Crippen LogP contribution in [0.15, 0.2) is 60.2 Å². The van der Waals surface area contributed by atoms with E-state index >= 15 is 0 Å². The van der Waals surface area contributed by atoms with Crippen LogP contribution >= 0.6 is 11.6 Å². The van der Waals surface area contributed by atoms with E-state index in [0.717, 1.165) is 34.0 Å². The van der Waals surface area contributed by atoms with Gasteiger partial charge in [0.1, 0.15) is 5.02 Å². The number of fused-ring (bicyclic) bond motifs is 4. The van der Waals surface area contributed by atoms with Gasteiger partial charge in [-0.1, -0.05) is 61.8 Å². The van der Waals surface area contributed by atoms with Crippen molar-refractivity contribution in [3.05, 3.63) is 86.4 Å². The summed E-state index contributed by atoms with van der Waals surface area (Å²) in [5.41, 5.74) is 4.10. The Kier molecular flexibility index (Phi) is 4.41. The van der Waals surface area contributed by atoms with Gasteiger partial charge in [-0.2, -0.15) is 0 Å². The Morgan fingerprint density at radius 2 is 1.87 bits per heavy atom. The molecule has 0 saturated heterocycles. The largest absolute Gasteiger partial charge is 0.373 e. The van der Waals surface area contributed by atoms with Crippen molar-refractivity contribution < 1.29 is 9.72 Å². The first-order chi connectivity index (χ1) is 14.7. The van der Waals surface area contributed by atoms with Crippen molar-refractivity contribution in [2.45, 2.75) is 32.7 Å². The first kappa shape index (κ1) is 19.8. The van der Waals surface area contributed by atoms with Crippen molar-refractivity contribution in [2.75, 3.05) is 5.32 Å². The highest BCUT2D eigenvalue weighted by Gasteiger charge is 2.41. The molecule has 0 spiro atoms. The summed E-state index contributed by atoms with van der Waals surface area (Å²) in [6.07, 6.45) is 1.21. The predicted molar refractivity (Wildman–Crippen MR) is 123 cm³/mol. The number of carbonyl (C=O) groups is 1. The molecule has 0 saturated carbocycles. The monoisotopic (exact) mass is 432 g/mol. The average molecular weight is 433 g/mol. The van der Waals surface area contributed by atoms with Gasteiger partial charge in [0, 0.05) is 29.3 Å². The van der Waals surface area contributed by atoms with Crippen LogP contribution in [0, 0.1) is 15.5 Å². The minimum atomic E-state index is -0.489. The molecule has 0 amide bonds. The van der Waals surface area contributed by atoms with E-state index in [-0.39, 0.29) is 21.9 Å². The number of hydrogen-bond acceptors (Lipinski definition) is 4. The molecule has 6 heteroatoms. The van der Waals surface area contributed by atoms with Gasteiger partial charge in [0.15, 0.2) is 5.78 Å². The van der Waals surface area contributed by atoms with Crippen molar-refractivity contribution in [3.8, 4) is 0 Å². The van der Waals surface area contributed by atoms with Crippen molar-refractivity contribution >= 4 is 45.1 Å². The Balaban J connectivity index is 1.78. The van der Waals surface area contributed by atoms with E-state index in [1.165, 1.54) is 12.1 Å². The fourth-order valence-electron chi connectivity index (χ4n) is 4.94. The topological polar surface area (TPSA) is 72.2 Å². The molecule has 1 N–H and O–H groups in total. The Morgan fingerprint density at radius 3 is 2.65 bits per heavy atom. The van der Waals surface area contributed by atoms with Crippen LogP contribution in [0.3, 0.4) is 0 Å². The molecule has 2 aliphatic rings. The molecule has 3 aromatic carbocycles. The maximum absolute atomic E-state index is 13.4. The number of benzene rings is 3. The van der Waals surface area contributed by atoms with Gasteiger partial charge in [-0.25, -0.2) is 0 Å². The summed E-state index contributed by atoms with van der Waals surface area (Å²) in [4.78, 5) is 24.4. The van der Waals surface area contributed by atoms with Crippen LogP contribution in [0.5, 0.6) is 0 Å². The van der Waals surface area contributed by atoms with Crippen molar-refractivity contribution in [2.24, 2.45) is 5.41 Å². The number of nitrogens with one attached hydrogen (secondary N) is 1. The normalized spacial score (nSPS) is 19.6. The second kappa shape index (κ2) is 6.92. The molecule has 1 heterocycles. The van der Waals surface area contributed by atoms with Crippen LogP contribution in [0.25, 0.3) is 16.3 Å². The summed E-state index contributed by atoms with van der Waals surface area (Å²) >= 11 is 6.04. The molecule has 1 atom stereocenters. The van der Waals surface area contributed by atoms with Gasteiger partial charge in [0.25, 0.3) is 5.69 Å². The van der Waals surface area contributed by atoms with E-state index in [1.807, 2.05) is 18.2 Å². The lowest BCUT2D eigenvalue weighted by Gasteiger charge is -2.40. The number of nitro benzene ring substituents is 1. The molecule has 156 valence electrons. The third kappa shape index (κ3) is 3.20. The Morgan fingerprint density at radius 1 is 1.10 bits per heavy atom. The smallest absolute Gasteiger partial charge is 0.288 e. The third-order valence-corrected chi connectivity index (χ3v) is 6.56. The highest BCUT2D eigenvalue weighted by atomic mass is 35.5. The number of halogens is 1. The zero-order valence-corrected chi connectivity index (χ0v) is 18.0. The maximum Gasteiger partial charge on any atom is 0.288 e.